The number of rotatable bonds is 4. The number of ether oxygens (including phenoxy) is 1. The Morgan fingerprint density at radius 3 is 2.70 bits per heavy atom. The minimum atomic E-state index is -4.41. The van der Waals surface area contributed by atoms with Crippen LogP contribution in [0.4, 0.5) is 18.9 Å². The molecular formula is C18H14F3N3O2S. The predicted octanol–water partition coefficient (Wildman–Crippen LogP) is 4.22. The molecule has 9 heteroatoms. The van der Waals surface area contributed by atoms with Crippen molar-refractivity contribution in [2.24, 2.45) is 0 Å². The minimum absolute atomic E-state index is 0.265. The Balaban J connectivity index is 1.43. The number of fused-ring (bicyclic) bond motifs is 3. The molecule has 0 bridgehead atoms. The van der Waals surface area contributed by atoms with E-state index >= 15 is 0 Å². The monoisotopic (exact) mass is 393 g/mol. The summed E-state index contributed by atoms with van der Waals surface area (Å²) in [6.07, 6.45) is 0.0306. The van der Waals surface area contributed by atoms with Crippen LogP contribution in [0.3, 0.4) is 0 Å². The number of benzene rings is 1. The van der Waals surface area contributed by atoms with E-state index in [-0.39, 0.29) is 12.3 Å². The highest BCUT2D eigenvalue weighted by molar-refractivity contribution is 7.18. The van der Waals surface area contributed by atoms with E-state index in [9.17, 15) is 18.0 Å². The average Bonchev–Trinajstić information content (AvgIpc) is 3.20. The lowest BCUT2D eigenvalue weighted by Gasteiger charge is -2.10. The van der Waals surface area contributed by atoms with E-state index in [0.717, 1.165) is 41.6 Å². The number of hydrogen-bond donors (Lipinski definition) is 1. The number of carbonyl (C=O) groups excluding carboxylic acids is 1. The molecule has 5 nitrogen and oxygen atoms in total. The van der Waals surface area contributed by atoms with Gasteiger partial charge in [0, 0.05) is 10.6 Å². The van der Waals surface area contributed by atoms with Crippen molar-refractivity contribution in [3.8, 4) is 5.88 Å². The van der Waals surface area contributed by atoms with E-state index in [0.29, 0.717) is 5.88 Å². The van der Waals surface area contributed by atoms with Gasteiger partial charge in [0.15, 0.2) is 6.61 Å². The number of aryl methyl sites for hydroxylation is 2. The van der Waals surface area contributed by atoms with Gasteiger partial charge in [-0.1, -0.05) is 0 Å². The molecule has 0 atom stereocenters. The fourth-order valence-electron chi connectivity index (χ4n) is 3.08. The molecule has 0 radical (unpaired) electrons. The molecule has 1 aliphatic rings. The standard InChI is InChI=1S/C18H14F3N3O2S/c19-18(20,21)10-4-6-11(7-5-10)24-14(25)8-26-16-15-12-2-1-3-13(12)27-17(15)23-9-22-16/h4-7,9H,1-3,8H2,(H,24,25). The number of carbonyl (C=O) groups is 1. The predicted molar refractivity (Wildman–Crippen MR) is 95.0 cm³/mol. The lowest BCUT2D eigenvalue weighted by atomic mass is 10.2. The second-order valence-corrected chi connectivity index (χ2v) is 7.21. The zero-order chi connectivity index (χ0) is 19.0. The molecule has 2 aromatic heterocycles. The lowest BCUT2D eigenvalue weighted by molar-refractivity contribution is -0.137. The Labute approximate surface area is 156 Å². The first-order valence-electron chi connectivity index (χ1n) is 8.27. The number of aromatic nitrogens is 2. The molecule has 0 fully saturated rings. The molecule has 2 heterocycles. The number of hydrogen-bond acceptors (Lipinski definition) is 5. The summed E-state index contributed by atoms with van der Waals surface area (Å²) in [6.45, 7) is -0.294. The van der Waals surface area contributed by atoms with E-state index in [4.69, 9.17) is 4.74 Å². The van der Waals surface area contributed by atoms with Gasteiger partial charge in [-0.3, -0.25) is 4.79 Å². The number of thiophene rings is 1. The molecule has 3 aromatic rings. The Bertz CT molecular complexity index is 999. The van der Waals surface area contributed by atoms with Crippen molar-refractivity contribution >= 4 is 33.1 Å². The second kappa shape index (κ2) is 6.80. The van der Waals surface area contributed by atoms with Crippen LogP contribution in [0.2, 0.25) is 0 Å². The SMILES string of the molecule is O=C(COc1ncnc2sc3c(c12)CCC3)Nc1ccc(C(F)(F)F)cc1. The van der Waals surface area contributed by atoms with Crippen LogP contribution < -0.4 is 10.1 Å². The van der Waals surface area contributed by atoms with Crippen LogP contribution in [0.1, 0.15) is 22.4 Å². The molecule has 0 aliphatic heterocycles. The van der Waals surface area contributed by atoms with Gasteiger partial charge in [-0.05, 0) is 49.1 Å². The maximum Gasteiger partial charge on any atom is 0.416 e. The molecule has 1 aromatic carbocycles. The summed E-state index contributed by atoms with van der Waals surface area (Å²) < 4.78 is 43.3. The average molecular weight is 393 g/mol. The third-order valence-electron chi connectivity index (χ3n) is 4.30. The Morgan fingerprint density at radius 1 is 1.19 bits per heavy atom. The maximum absolute atomic E-state index is 12.6. The van der Waals surface area contributed by atoms with Gasteiger partial charge in [0.1, 0.15) is 11.2 Å². The van der Waals surface area contributed by atoms with Gasteiger partial charge in [0.05, 0.1) is 10.9 Å². The fourth-order valence-corrected chi connectivity index (χ4v) is 4.30. The zero-order valence-corrected chi connectivity index (χ0v) is 14.8. The van der Waals surface area contributed by atoms with Crippen LogP contribution in [0.15, 0.2) is 30.6 Å². The molecule has 140 valence electrons. The first kappa shape index (κ1) is 17.7. The first-order valence-corrected chi connectivity index (χ1v) is 9.08. The van der Waals surface area contributed by atoms with E-state index in [2.05, 4.69) is 15.3 Å². The molecule has 4 rings (SSSR count). The van der Waals surface area contributed by atoms with Crippen molar-refractivity contribution in [3.05, 3.63) is 46.6 Å². The van der Waals surface area contributed by atoms with Crippen molar-refractivity contribution in [2.45, 2.75) is 25.4 Å². The van der Waals surface area contributed by atoms with Gasteiger partial charge < -0.3 is 10.1 Å². The first-order chi connectivity index (χ1) is 12.9. The summed E-state index contributed by atoms with van der Waals surface area (Å²) in [7, 11) is 0. The largest absolute Gasteiger partial charge is 0.467 e. The highest BCUT2D eigenvalue weighted by atomic mass is 32.1. The van der Waals surface area contributed by atoms with Crippen LogP contribution in [-0.2, 0) is 23.8 Å². The maximum atomic E-state index is 12.6. The van der Waals surface area contributed by atoms with E-state index < -0.39 is 17.6 Å². The van der Waals surface area contributed by atoms with Gasteiger partial charge in [0.2, 0.25) is 5.88 Å². The number of anilines is 1. The molecule has 0 unspecified atom stereocenters. The van der Waals surface area contributed by atoms with Gasteiger partial charge in [-0.25, -0.2) is 9.97 Å². The Morgan fingerprint density at radius 2 is 1.96 bits per heavy atom. The third kappa shape index (κ3) is 3.59. The van der Waals surface area contributed by atoms with Crippen LogP contribution >= 0.6 is 11.3 Å². The summed E-state index contributed by atoms with van der Waals surface area (Å²) in [5.74, 6) is -0.115. The molecule has 1 amide bonds. The molecule has 0 spiro atoms. The van der Waals surface area contributed by atoms with Gasteiger partial charge in [0.25, 0.3) is 5.91 Å². The van der Waals surface area contributed by atoms with E-state index in [1.165, 1.54) is 28.9 Å². The number of nitrogens with one attached hydrogen (secondary N) is 1. The van der Waals surface area contributed by atoms with Crippen LogP contribution in [0, 0.1) is 0 Å². The van der Waals surface area contributed by atoms with Crippen LogP contribution in [0.5, 0.6) is 5.88 Å². The highest BCUT2D eigenvalue weighted by Crippen LogP contribution is 2.39. The Kier molecular flexibility index (Phi) is 4.47. The minimum Gasteiger partial charge on any atom is -0.467 e. The summed E-state index contributed by atoms with van der Waals surface area (Å²) in [6, 6.07) is 4.24. The van der Waals surface area contributed by atoms with Crippen molar-refractivity contribution in [1.29, 1.82) is 0 Å². The number of alkyl halides is 3. The van der Waals surface area contributed by atoms with E-state index in [1.807, 2.05) is 0 Å². The van der Waals surface area contributed by atoms with Crippen LogP contribution in [-0.4, -0.2) is 22.5 Å². The molecule has 0 saturated carbocycles. The summed E-state index contributed by atoms with van der Waals surface area (Å²) in [5, 5.41) is 3.37. The normalized spacial score (nSPS) is 13.6. The lowest BCUT2D eigenvalue weighted by Crippen LogP contribution is -2.20. The number of amides is 1. The topological polar surface area (TPSA) is 64.1 Å². The molecule has 0 saturated heterocycles. The van der Waals surface area contributed by atoms with Crippen molar-refractivity contribution in [3.63, 3.8) is 0 Å². The van der Waals surface area contributed by atoms with Gasteiger partial charge >= 0.3 is 6.18 Å². The molecule has 1 N–H and O–H groups in total. The quantitative estimate of drug-likeness (QED) is 0.721. The van der Waals surface area contributed by atoms with Gasteiger partial charge in [-0.2, -0.15) is 13.2 Å². The van der Waals surface area contributed by atoms with Crippen molar-refractivity contribution < 1.29 is 22.7 Å². The fraction of sp³-hybridized carbons (Fsp3) is 0.278. The van der Waals surface area contributed by atoms with Crippen LogP contribution in [0.25, 0.3) is 10.2 Å². The number of nitrogens with zero attached hydrogens (tertiary/aromatic N) is 2. The highest BCUT2D eigenvalue weighted by Gasteiger charge is 2.30. The third-order valence-corrected chi connectivity index (χ3v) is 5.50. The second-order valence-electron chi connectivity index (χ2n) is 6.13. The molecular weight excluding hydrogens is 379 g/mol. The Hall–Kier alpha value is -2.68. The summed E-state index contributed by atoms with van der Waals surface area (Å²) >= 11 is 1.62. The van der Waals surface area contributed by atoms with Crippen molar-refractivity contribution in [1.82, 2.24) is 9.97 Å². The molecule has 1 aliphatic carbocycles. The summed E-state index contributed by atoms with van der Waals surface area (Å²) in [4.78, 5) is 22.6. The van der Waals surface area contributed by atoms with Gasteiger partial charge in [-0.15, -0.1) is 11.3 Å². The molecule has 27 heavy (non-hydrogen) atoms. The number of halogens is 3. The van der Waals surface area contributed by atoms with E-state index in [1.54, 1.807) is 11.3 Å². The summed E-state index contributed by atoms with van der Waals surface area (Å²) in [5.41, 5.74) is 0.682. The van der Waals surface area contributed by atoms with Crippen molar-refractivity contribution in [2.75, 3.05) is 11.9 Å². The smallest absolute Gasteiger partial charge is 0.416 e. The zero-order valence-electron chi connectivity index (χ0n) is 14.0.